The molecule has 1 aromatic heterocycles. The molecule has 1 unspecified atom stereocenters. The molecule has 1 aromatic carbocycles. The zero-order chi connectivity index (χ0) is 22.4. The molecule has 0 saturated heterocycles. The highest BCUT2D eigenvalue weighted by atomic mass is 19.4. The van der Waals surface area contributed by atoms with Gasteiger partial charge >= 0.3 is 12.2 Å². The molecule has 2 aromatic rings. The van der Waals surface area contributed by atoms with Gasteiger partial charge in [-0.15, -0.1) is 0 Å². The fourth-order valence-electron chi connectivity index (χ4n) is 3.24. The van der Waals surface area contributed by atoms with Crippen LogP contribution in [0.1, 0.15) is 40.2 Å². The summed E-state index contributed by atoms with van der Waals surface area (Å²) in [6, 6.07) is 0.655. The van der Waals surface area contributed by atoms with Crippen LogP contribution in [0.15, 0.2) is 18.5 Å². The SMILES string of the molecule is Cc1[nH]cnc1C(=O)NCc1cc2c(cc1F)C(C#CC1CC1)(C(F)(F)F)NC(=O)N2. The number of aromatic amines is 1. The van der Waals surface area contributed by atoms with E-state index in [1.165, 1.54) is 6.33 Å². The Labute approximate surface area is 174 Å². The van der Waals surface area contributed by atoms with Crippen molar-refractivity contribution in [2.45, 2.75) is 38.0 Å². The number of amides is 3. The number of rotatable bonds is 3. The maximum absolute atomic E-state index is 14.8. The maximum Gasteiger partial charge on any atom is 0.427 e. The van der Waals surface area contributed by atoms with Crippen LogP contribution in [-0.2, 0) is 12.1 Å². The Bertz CT molecular complexity index is 1130. The zero-order valence-corrected chi connectivity index (χ0v) is 16.2. The first kappa shape index (κ1) is 20.7. The van der Waals surface area contributed by atoms with Crippen molar-refractivity contribution in [3.05, 3.63) is 46.8 Å². The maximum atomic E-state index is 14.8. The summed E-state index contributed by atoms with van der Waals surface area (Å²) in [5.41, 5.74) is -3.28. The van der Waals surface area contributed by atoms with Gasteiger partial charge in [0.2, 0.25) is 5.54 Å². The van der Waals surface area contributed by atoms with Gasteiger partial charge in [-0.2, -0.15) is 13.2 Å². The van der Waals surface area contributed by atoms with Crippen molar-refractivity contribution in [2.24, 2.45) is 5.92 Å². The van der Waals surface area contributed by atoms with Gasteiger partial charge < -0.3 is 20.9 Å². The lowest BCUT2D eigenvalue weighted by Crippen LogP contribution is -2.59. The van der Waals surface area contributed by atoms with Gasteiger partial charge in [0, 0.05) is 35.0 Å². The van der Waals surface area contributed by atoms with Gasteiger partial charge in [0.15, 0.2) is 0 Å². The molecule has 31 heavy (non-hydrogen) atoms. The van der Waals surface area contributed by atoms with Crippen LogP contribution in [0.5, 0.6) is 0 Å². The number of H-pyrrole nitrogens is 1. The molecule has 3 amide bonds. The summed E-state index contributed by atoms with van der Waals surface area (Å²) in [5, 5.41) is 6.56. The fourth-order valence-corrected chi connectivity index (χ4v) is 3.24. The minimum Gasteiger partial charge on any atom is -0.348 e. The van der Waals surface area contributed by atoms with Crippen LogP contribution in [-0.4, -0.2) is 28.1 Å². The first-order chi connectivity index (χ1) is 14.6. The molecule has 1 atom stereocenters. The quantitative estimate of drug-likeness (QED) is 0.441. The molecular formula is C20H17F4N5O2. The van der Waals surface area contributed by atoms with E-state index >= 15 is 0 Å². The van der Waals surface area contributed by atoms with Crippen molar-refractivity contribution in [1.82, 2.24) is 20.6 Å². The van der Waals surface area contributed by atoms with Gasteiger partial charge in [-0.1, -0.05) is 11.8 Å². The highest BCUT2D eigenvalue weighted by molar-refractivity contribution is 5.95. The summed E-state index contributed by atoms with van der Waals surface area (Å²) in [4.78, 5) is 30.8. The minimum atomic E-state index is -4.99. The Morgan fingerprint density at radius 3 is 2.71 bits per heavy atom. The first-order valence-electron chi connectivity index (χ1n) is 9.40. The summed E-state index contributed by atoms with van der Waals surface area (Å²) < 4.78 is 57.0. The number of fused-ring (bicyclic) bond motifs is 1. The highest BCUT2D eigenvalue weighted by Gasteiger charge is 2.59. The average Bonchev–Trinajstić information content (AvgIpc) is 3.42. The Hall–Kier alpha value is -3.55. The second-order valence-electron chi connectivity index (χ2n) is 7.42. The number of carbonyl (C=O) groups is 2. The molecule has 1 aliphatic heterocycles. The molecule has 1 aliphatic carbocycles. The number of hydrogen-bond acceptors (Lipinski definition) is 3. The number of aromatic nitrogens is 2. The van der Waals surface area contributed by atoms with Crippen molar-refractivity contribution in [3.8, 4) is 11.8 Å². The monoisotopic (exact) mass is 435 g/mol. The first-order valence-corrected chi connectivity index (χ1v) is 9.40. The Balaban J connectivity index is 1.69. The van der Waals surface area contributed by atoms with E-state index in [0.29, 0.717) is 24.6 Å². The third-order valence-electron chi connectivity index (χ3n) is 5.09. The smallest absolute Gasteiger partial charge is 0.348 e. The van der Waals surface area contributed by atoms with E-state index in [1.54, 1.807) is 6.92 Å². The molecular weight excluding hydrogens is 418 g/mol. The number of alkyl halides is 3. The van der Waals surface area contributed by atoms with E-state index in [-0.39, 0.29) is 29.4 Å². The number of nitrogens with zero attached hydrogens (tertiary/aromatic N) is 1. The largest absolute Gasteiger partial charge is 0.427 e. The molecule has 2 aliphatic rings. The van der Waals surface area contributed by atoms with Crippen molar-refractivity contribution < 1.29 is 27.2 Å². The second-order valence-corrected chi connectivity index (χ2v) is 7.42. The Morgan fingerprint density at radius 1 is 1.35 bits per heavy atom. The molecule has 1 saturated carbocycles. The van der Waals surface area contributed by atoms with Gasteiger partial charge in [0.25, 0.3) is 5.91 Å². The summed E-state index contributed by atoms with van der Waals surface area (Å²) in [5.74, 6) is 2.95. The summed E-state index contributed by atoms with van der Waals surface area (Å²) in [6.07, 6.45) is -2.29. The molecule has 0 spiro atoms. The normalized spacial score (nSPS) is 20.1. The fraction of sp³-hybridized carbons (Fsp3) is 0.350. The third kappa shape index (κ3) is 3.81. The third-order valence-corrected chi connectivity index (χ3v) is 5.09. The van der Waals surface area contributed by atoms with Crippen LogP contribution in [0.4, 0.5) is 28.0 Å². The number of carbonyl (C=O) groups excluding carboxylic acids is 2. The van der Waals surface area contributed by atoms with Gasteiger partial charge in [0.05, 0.1) is 6.33 Å². The molecule has 4 N–H and O–H groups in total. The van der Waals surface area contributed by atoms with Crippen LogP contribution in [0.25, 0.3) is 0 Å². The van der Waals surface area contributed by atoms with Crippen molar-refractivity contribution in [2.75, 3.05) is 5.32 Å². The highest BCUT2D eigenvalue weighted by Crippen LogP contribution is 2.45. The summed E-state index contributed by atoms with van der Waals surface area (Å²) in [6.45, 7) is 1.31. The summed E-state index contributed by atoms with van der Waals surface area (Å²) in [7, 11) is 0. The lowest BCUT2D eigenvalue weighted by Gasteiger charge is -2.37. The molecule has 1 fully saturated rings. The Kier molecular flexibility index (Phi) is 4.88. The standard InChI is InChI=1S/C20H17F4N5O2/c1-10-16(27-9-26-10)17(30)25-8-12-6-15-13(7-14(12)21)19(20(22,23)24,29-18(31)28-15)5-4-11-2-3-11/h6-7,9,11H,2-3,8H2,1H3,(H,25,30)(H,26,27)(H2,28,29,31). The lowest BCUT2D eigenvalue weighted by atomic mass is 9.85. The molecule has 11 heteroatoms. The van der Waals surface area contributed by atoms with Crippen LogP contribution >= 0.6 is 0 Å². The molecule has 162 valence electrons. The van der Waals surface area contributed by atoms with Gasteiger partial charge in [0.1, 0.15) is 11.5 Å². The average molecular weight is 435 g/mol. The van der Waals surface area contributed by atoms with E-state index in [2.05, 4.69) is 32.4 Å². The molecule has 0 radical (unpaired) electrons. The number of aryl methyl sites for hydroxylation is 1. The van der Waals surface area contributed by atoms with E-state index in [4.69, 9.17) is 0 Å². The molecule has 7 nitrogen and oxygen atoms in total. The van der Waals surface area contributed by atoms with Crippen LogP contribution in [0.2, 0.25) is 0 Å². The van der Waals surface area contributed by atoms with E-state index in [9.17, 15) is 27.2 Å². The van der Waals surface area contributed by atoms with Gasteiger partial charge in [-0.05, 0) is 31.9 Å². The number of nitrogens with one attached hydrogen (secondary N) is 4. The molecule has 4 rings (SSSR count). The van der Waals surface area contributed by atoms with Crippen molar-refractivity contribution in [1.29, 1.82) is 0 Å². The van der Waals surface area contributed by atoms with Gasteiger partial charge in [-0.3, -0.25) is 4.79 Å². The summed E-state index contributed by atoms with van der Waals surface area (Å²) >= 11 is 0. The lowest BCUT2D eigenvalue weighted by molar-refractivity contribution is -0.178. The van der Waals surface area contributed by atoms with Crippen LogP contribution in [0.3, 0.4) is 0 Å². The Morgan fingerprint density at radius 2 is 2.10 bits per heavy atom. The number of hydrogen-bond donors (Lipinski definition) is 4. The number of halogens is 4. The number of anilines is 1. The molecule has 0 bridgehead atoms. The number of urea groups is 1. The van der Waals surface area contributed by atoms with Crippen molar-refractivity contribution in [3.63, 3.8) is 0 Å². The predicted molar refractivity (Wildman–Crippen MR) is 101 cm³/mol. The minimum absolute atomic E-state index is 0.103. The van der Waals surface area contributed by atoms with Crippen LogP contribution in [0, 0.1) is 30.5 Å². The topological polar surface area (TPSA) is 98.9 Å². The van der Waals surface area contributed by atoms with E-state index < -0.39 is 35.0 Å². The second kappa shape index (κ2) is 7.30. The van der Waals surface area contributed by atoms with E-state index in [1.807, 2.05) is 5.32 Å². The van der Waals surface area contributed by atoms with Crippen molar-refractivity contribution >= 4 is 17.6 Å². The zero-order valence-electron chi connectivity index (χ0n) is 16.2. The molecule has 2 heterocycles. The number of benzene rings is 1. The van der Waals surface area contributed by atoms with Gasteiger partial charge in [-0.25, -0.2) is 14.2 Å². The predicted octanol–water partition coefficient (Wildman–Crippen LogP) is 3.09. The van der Waals surface area contributed by atoms with E-state index in [0.717, 1.165) is 6.07 Å². The van der Waals surface area contributed by atoms with Crippen LogP contribution < -0.4 is 16.0 Å². The number of imidazole rings is 1.